The molecule has 0 unspecified atom stereocenters. The van der Waals surface area contributed by atoms with E-state index in [1.54, 1.807) is 17.5 Å². The second-order valence-electron chi connectivity index (χ2n) is 5.06. The molecule has 0 aliphatic heterocycles. The number of sulfonamides is 1. The summed E-state index contributed by atoms with van der Waals surface area (Å²) in [6.07, 6.45) is -4.62. The first-order valence-corrected chi connectivity index (χ1v) is 9.33. The van der Waals surface area contributed by atoms with Gasteiger partial charge in [0, 0.05) is 25.8 Å². The number of hydrogen-bond acceptors (Lipinski definition) is 5. The number of nitriles is 1. The fourth-order valence-corrected chi connectivity index (χ4v) is 4.41. The van der Waals surface area contributed by atoms with Gasteiger partial charge in [-0.15, -0.1) is 11.3 Å². The summed E-state index contributed by atoms with van der Waals surface area (Å²) < 4.78 is 64.9. The van der Waals surface area contributed by atoms with Crippen LogP contribution in [0.25, 0.3) is 0 Å². The van der Waals surface area contributed by atoms with Gasteiger partial charge < -0.3 is 5.32 Å². The van der Waals surface area contributed by atoms with Crippen LogP contribution in [0.4, 0.5) is 18.9 Å². The van der Waals surface area contributed by atoms with Crippen molar-refractivity contribution >= 4 is 27.0 Å². The van der Waals surface area contributed by atoms with Crippen molar-refractivity contribution in [1.82, 2.24) is 4.31 Å². The summed E-state index contributed by atoms with van der Waals surface area (Å²) in [6.45, 7) is -0.0341. The van der Waals surface area contributed by atoms with Gasteiger partial charge in [0.2, 0.25) is 0 Å². The van der Waals surface area contributed by atoms with Crippen LogP contribution >= 0.6 is 11.3 Å². The highest BCUT2D eigenvalue weighted by Gasteiger charge is 2.34. The standard InChI is InChI=1S/C15H14F3N3O2S2/c1-21(25(22,23)14-3-2-8-24-14)7-6-20-13-5-4-11(10-19)9-12(13)15(16,17)18/h2-5,8-9,20H,6-7H2,1H3. The van der Waals surface area contributed by atoms with Crippen LogP contribution in [0.1, 0.15) is 11.1 Å². The van der Waals surface area contributed by atoms with Gasteiger partial charge in [-0.05, 0) is 29.6 Å². The first-order chi connectivity index (χ1) is 11.7. The lowest BCUT2D eigenvalue weighted by Gasteiger charge is -2.18. The summed E-state index contributed by atoms with van der Waals surface area (Å²) in [7, 11) is -2.29. The maximum Gasteiger partial charge on any atom is 0.418 e. The number of nitrogens with one attached hydrogen (secondary N) is 1. The first-order valence-electron chi connectivity index (χ1n) is 7.01. The van der Waals surface area contributed by atoms with Crippen molar-refractivity contribution in [3.63, 3.8) is 0 Å². The Morgan fingerprint density at radius 3 is 2.60 bits per heavy atom. The van der Waals surface area contributed by atoms with Gasteiger partial charge in [0.25, 0.3) is 10.0 Å². The van der Waals surface area contributed by atoms with E-state index in [2.05, 4.69) is 5.32 Å². The highest BCUT2D eigenvalue weighted by molar-refractivity contribution is 7.91. The van der Waals surface area contributed by atoms with Crippen LogP contribution in [0.2, 0.25) is 0 Å². The summed E-state index contributed by atoms with van der Waals surface area (Å²) in [5.41, 5.74) is -1.26. The lowest BCUT2D eigenvalue weighted by molar-refractivity contribution is -0.137. The van der Waals surface area contributed by atoms with E-state index < -0.39 is 21.8 Å². The molecule has 25 heavy (non-hydrogen) atoms. The van der Waals surface area contributed by atoms with E-state index in [1.807, 2.05) is 0 Å². The maximum absolute atomic E-state index is 13.1. The molecule has 0 saturated heterocycles. The molecule has 0 atom stereocenters. The van der Waals surface area contributed by atoms with Crippen LogP contribution < -0.4 is 5.32 Å². The minimum Gasteiger partial charge on any atom is -0.383 e. The van der Waals surface area contributed by atoms with Crippen molar-refractivity contribution in [1.29, 1.82) is 5.26 Å². The minimum atomic E-state index is -4.62. The molecule has 0 bridgehead atoms. The molecule has 1 aromatic carbocycles. The van der Waals surface area contributed by atoms with Crippen LogP contribution in [0.15, 0.2) is 39.9 Å². The average molecular weight is 389 g/mol. The van der Waals surface area contributed by atoms with Gasteiger partial charge in [-0.1, -0.05) is 6.07 Å². The molecule has 1 aromatic heterocycles. The Kier molecular flexibility index (Phi) is 5.72. The van der Waals surface area contributed by atoms with Gasteiger partial charge in [0.15, 0.2) is 0 Å². The van der Waals surface area contributed by atoms with Crippen molar-refractivity contribution in [2.45, 2.75) is 10.4 Å². The van der Waals surface area contributed by atoms with Crippen molar-refractivity contribution in [3.8, 4) is 6.07 Å². The summed E-state index contributed by atoms with van der Waals surface area (Å²) in [5, 5.41) is 13.0. The van der Waals surface area contributed by atoms with Crippen LogP contribution in [-0.2, 0) is 16.2 Å². The van der Waals surface area contributed by atoms with E-state index in [-0.39, 0.29) is 28.5 Å². The van der Waals surface area contributed by atoms with E-state index in [4.69, 9.17) is 5.26 Å². The van der Waals surface area contributed by atoms with E-state index in [0.717, 1.165) is 27.8 Å². The number of alkyl halides is 3. The Bertz CT molecular complexity index is 872. The van der Waals surface area contributed by atoms with Crippen molar-refractivity contribution in [2.24, 2.45) is 0 Å². The highest BCUT2D eigenvalue weighted by atomic mass is 32.2. The van der Waals surface area contributed by atoms with Gasteiger partial charge in [-0.25, -0.2) is 8.42 Å². The second kappa shape index (κ2) is 7.43. The Balaban J connectivity index is 2.09. The summed E-state index contributed by atoms with van der Waals surface area (Å²) in [6, 6.07) is 7.92. The van der Waals surface area contributed by atoms with Crippen LogP contribution in [0.3, 0.4) is 0 Å². The fraction of sp³-hybridized carbons (Fsp3) is 0.267. The molecule has 0 aliphatic carbocycles. The maximum atomic E-state index is 13.1. The molecule has 0 aliphatic rings. The number of thiophene rings is 1. The molecule has 0 saturated carbocycles. The van der Waals surface area contributed by atoms with E-state index in [9.17, 15) is 21.6 Å². The van der Waals surface area contributed by atoms with Crippen molar-refractivity contribution in [3.05, 3.63) is 46.8 Å². The molecular formula is C15H14F3N3O2S2. The smallest absolute Gasteiger partial charge is 0.383 e. The van der Waals surface area contributed by atoms with Crippen molar-refractivity contribution < 1.29 is 21.6 Å². The molecule has 5 nitrogen and oxygen atoms in total. The summed E-state index contributed by atoms with van der Waals surface area (Å²) in [5.74, 6) is 0. The number of nitrogens with zero attached hydrogens (tertiary/aromatic N) is 2. The molecular weight excluding hydrogens is 375 g/mol. The van der Waals surface area contributed by atoms with E-state index in [1.165, 1.54) is 19.2 Å². The largest absolute Gasteiger partial charge is 0.418 e. The third kappa shape index (κ3) is 4.50. The molecule has 10 heteroatoms. The van der Waals surface area contributed by atoms with Gasteiger partial charge >= 0.3 is 6.18 Å². The monoisotopic (exact) mass is 389 g/mol. The SMILES string of the molecule is CN(CCNc1ccc(C#N)cc1C(F)(F)F)S(=O)(=O)c1cccs1. The van der Waals surface area contributed by atoms with Gasteiger partial charge in [-0.3, -0.25) is 0 Å². The number of rotatable bonds is 6. The Morgan fingerprint density at radius 2 is 2.04 bits per heavy atom. The van der Waals surface area contributed by atoms with Gasteiger partial charge in [-0.2, -0.15) is 22.7 Å². The third-order valence-electron chi connectivity index (χ3n) is 3.36. The number of likely N-dealkylation sites (N-methyl/N-ethyl adjacent to an activating group) is 1. The quantitative estimate of drug-likeness (QED) is 0.822. The zero-order valence-electron chi connectivity index (χ0n) is 13.0. The first kappa shape index (κ1) is 19.2. The number of hydrogen-bond donors (Lipinski definition) is 1. The number of anilines is 1. The third-order valence-corrected chi connectivity index (χ3v) is 6.59. The fourth-order valence-electron chi connectivity index (χ4n) is 2.03. The molecule has 0 radical (unpaired) electrons. The van der Waals surface area contributed by atoms with Gasteiger partial charge in [0.1, 0.15) is 4.21 Å². The summed E-state index contributed by atoms with van der Waals surface area (Å²) >= 11 is 1.07. The molecule has 0 spiro atoms. The molecule has 1 heterocycles. The zero-order chi connectivity index (χ0) is 18.7. The van der Waals surface area contributed by atoms with Crippen LogP contribution in [0, 0.1) is 11.3 Å². The topological polar surface area (TPSA) is 73.2 Å². The molecule has 2 aromatic rings. The van der Waals surface area contributed by atoms with Crippen LogP contribution in [-0.4, -0.2) is 32.9 Å². The number of benzene rings is 1. The predicted molar refractivity (Wildman–Crippen MR) is 88.8 cm³/mol. The van der Waals surface area contributed by atoms with E-state index in [0.29, 0.717) is 0 Å². The molecule has 0 fully saturated rings. The average Bonchev–Trinajstić information content (AvgIpc) is 3.09. The summed E-state index contributed by atoms with van der Waals surface area (Å²) in [4.78, 5) is 0. The lowest BCUT2D eigenvalue weighted by atomic mass is 10.1. The van der Waals surface area contributed by atoms with E-state index >= 15 is 0 Å². The van der Waals surface area contributed by atoms with Crippen molar-refractivity contribution in [2.75, 3.05) is 25.5 Å². The Labute approximate surface area is 147 Å². The normalized spacial score (nSPS) is 12.2. The lowest BCUT2D eigenvalue weighted by Crippen LogP contribution is -2.31. The van der Waals surface area contributed by atoms with Crippen LogP contribution in [0.5, 0.6) is 0 Å². The molecule has 0 amide bonds. The minimum absolute atomic E-state index is 0.0163. The molecule has 2 rings (SSSR count). The van der Waals surface area contributed by atoms with Gasteiger partial charge in [0.05, 0.1) is 17.2 Å². The highest BCUT2D eigenvalue weighted by Crippen LogP contribution is 2.35. The molecule has 1 N–H and O–H groups in total. The number of halogens is 3. The zero-order valence-corrected chi connectivity index (χ0v) is 14.7. The Morgan fingerprint density at radius 1 is 1.32 bits per heavy atom. The second-order valence-corrected chi connectivity index (χ2v) is 8.27. The molecule has 134 valence electrons. The predicted octanol–water partition coefficient (Wildman–Crippen LogP) is 3.37. The Hall–Kier alpha value is -2.09.